The summed E-state index contributed by atoms with van der Waals surface area (Å²) in [5, 5.41) is 4.12. The highest BCUT2D eigenvalue weighted by molar-refractivity contribution is 5.69. The largest absolute Gasteiger partial charge is 0.496 e. The lowest BCUT2D eigenvalue weighted by Gasteiger charge is -2.27. The Hall–Kier alpha value is -2.57. The first-order valence-corrected chi connectivity index (χ1v) is 8.77. The Morgan fingerprint density at radius 1 is 1.35 bits per heavy atom. The average molecular weight is 359 g/mol. The predicted molar refractivity (Wildman–Crippen MR) is 95.9 cm³/mol. The van der Waals surface area contributed by atoms with E-state index >= 15 is 0 Å². The number of nitrogens with zero attached hydrogens (tertiary/aromatic N) is 3. The van der Waals surface area contributed by atoms with Crippen molar-refractivity contribution in [1.82, 2.24) is 15.0 Å². The fourth-order valence-corrected chi connectivity index (χ4v) is 3.12. The lowest BCUT2D eigenvalue weighted by Crippen LogP contribution is -2.36. The van der Waals surface area contributed by atoms with Gasteiger partial charge in [0.1, 0.15) is 11.4 Å². The molecule has 26 heavy (non-hydrogen) atoms. The van der Waals surface area contributed by atoms with Gasteiger partial charge in [0.15, 0.2) is 5.82 Å². The first kappa shape index (κ1) is 18.2. The van der Waals surface area contributed by atoms with Gasteiger partial charge in [-0.05, 0) is 52.7 Å². The fraction of sp³-hybridized carbons (Fsp3) is 0.526. The number of benzene rings is 1. The van der Waals surface area contributed by atoms with E-state index < -0.39 is 5.60 Å². The molecule has 0 radical (unpaired) electrons. The van der Waals surface area contributed by atoms with Crippen molar-refractivity contribution in [1.29, 1.82) is 0 Å². The third kappa shape index (κ3) is 3.66. The number of hydrogen-bond donors (Lipinski definition) is 0. The topological polar surface area (TPSA) is 77.7 Å². The van der Waals surface area contributed by atoms with E-state index in [0.29, 0.717) is 18.3 Å². The first-order valence-electron chi connectivity index (χ1n) is 8.77. The van der Waals surface area contributed by atoms with Gasteiger partial charge < -0.3 is 14.0 Å². The third-order valence-corrected chi connectivity index (χ3v) is 4.36. The van der Waals surface area contributed by atoms with Crippen LogP contribution >= 0.6 is 0 Å². The number of methoxy groups -OCH3 is 1. The molecule has 1 aliphatic rings. The van der Waals surface area contributed by atoms with Crippen molar-refractivity contribution in [2.75, 3.05) is 13.7 Å². The molecule has 1 saturated heterocycles. The molecule has 0 N–H and O–H groups in total. The van der Waals surface area contributed by atoms with Crippen LogP contribution in [0.3, 0.4) is 0 Å². The molecule has 1 aromatic carbocycles. The molecule has 0 unspecified atom stereocenters. The number of amides is 1. The monoisotopic (exact) mass is 359 g/mol. The van der Waals surface area contributed by atoms with Crippen LogP contribution in [0.2, 0.25) is 0 Å². The van der Waals surface area contributed by atoms with Gasteiger partial charge in [0.25, 0.3) is 5.89 Å². The van der Waals surface area contributed by atoms with Crippen LogP contribution in [0.15, 0.2) is 22.7 Å². The molecule has 2 aromatic rings. The van der Waals surface area contributed by atoms with E-state index in [4.69, 9.17) is 14.0 Å². The molecule has 0 aliphatic carbocycles. The summed E-state index contributed by atoms with van der Waals surface area (Å²) in [5.74, 6) is 1.69. The zero-order chi connectivity index (χ0) is 18.9. The van der Waals surface area contributed by atoms with Crippen molar-refractivity contribution in [3.05, 3.63) is 29.6 Å². The third-order valence-electron chi connectivity index (χ3n) is 4.36. The number of ether oxygens (including phenoxy) is 2. The highest BCUT2D eigenvalue weighted by Crippen LogP contribution is 2.34. The normalized spacial score (nSPS) is 17.4. The van der Waals surface area contributed by atoms with Gasteiger partial charge in [-0.15, -0.1) is 0 Å². The van der Waals surface area contributed by atoms with Crippen LogP contribution in [0.5, 0.6) is 5.75 Å². The summed E-state index contributed by atoms with van der Waals surface area (Å²) in [6, 6.07) is 5.45. The van der Waals surface area contributed by atoms with Gasteiger partial charge in [-0.1, -0.05) is 11.2 Å². The molecule has 1 atom stereocenters. The Morgan fingerprint density at radius 3 is 2.81 bits per heavy atom. The molecule has 0 bridgehead atoms. The Kier molecular flexibility index (Phi) is 4.89. The summed E-state index contributed by atoms with van der Waals surface area (Å²) in [7, 11) is 1.63. The van der Waals surface area contributed by atoms with E-state index in [2.05, 4.69) is 10.1 Å². The molecular formula is C19H25N3O4. The minimum Gasteiger partial charge on any atom is -0.496 e. The van der Waals surface area contributed by atoms with E-state index in [0.717, 1.165) is 29.7 Å². The molecule has 1 aliphatic heterocycles. The van der Waals surface area contributed by atoms with Crippen LogP contribution in [0.1, 0.15) is 51.0 Å². The quantitative estimate of drug-likeness (QED) is 0.820. The number of carbonyl (C=O) groups excluding carboxylic acids is 1. The van der Waals surface area contributed by atoms with E-state index in [1.807, 2.05) is 45.9 Å². The van der Waals surface area contributed by atoms with Gasteiger partial charge in [0.05, 0.1) is 13.2 Å². The van der Waals surface area contributed by atoms with E-state index in [-0.39, 0.29) is 12.1 Å². The Balaban J connectivity index is 1.84. The zero-order valence-corrected chi connectivity index (χ0v) is 15.9. The van der Waals surface area contributed by atoms with Crippen molar-refractivity contribution in [2.24, 2.45) is 0 Å². The summed E-state index contributed by atoms with van der Waals surface area (Å²) in [6.07, 6.45) is 1.32. The van der Waals surface area contributed by atoms with Crippen molar-refractivity contribution < 1.29 is 18.8 Å². The van der Waals surface area contributed by atoms with Crippen LogP contribution in [0.25, 0.3) is 11.5 Å². The minimum absolute atomic E-state index is 0.228. The molecule has 1 aromatic heterocycles. The number of likely N-dealkylation sites (tertiary alicyclic amines) is 1. The highest BCUT2D eigenvalue weighted by atomic mass is 16.6. The standard InChI is InChI=1S/C19H25N3O4/c1-12-13(8-6-10-15(12)24-5)17-20-16(21-26-17)14-9-7-11-22(14)18(23)25-19(2,3)4/h6,8,10,14H,7,9,11H2,1-5H3/t14-/m0/s1. The average Bonchev–Trinajstić information content (AvgIpc) is 3.22. The predicted octanol–water partition coefficient (Wildman–Crippen LogP) is 4.13. The van der Waals surface area contributed by atoms with Gasteiger partial charge >= 0.3 is 6.09 Å². The first-order chi connectivity index (χ1) is 12.3. The fourth-order valence-electron chi connectivity index (χ4n) is 3.12. The number of carbonyl (C=O) groups is 1. The SMILES string of the molecule is COc1cccc(-c2nc([C@@H]3CCCN3C(=O)OC(C)(C)C)no2)c1C. The number of aromatic nitrogens is 2. The molecule has 7 heteroatoms. The zero-order valence-electron chi connectivity index (χ0n) is 15.9. The molecule has 1 fully saturated rings. The Morgan fingerprint density at radius 2 is 2.12 bits per heavy atom. The molecule has 3 rings (SSSR count). The molecule has 140 valence electrons. The highest BCUT2D eigenvalue weighted by Gasteiger charge is 2.36. The summed E-state index contributed by atoms with van der Waals surface area (Å²) in [5.41, 5.74) is 1.22. The maximum atomic E-state index is 12.5. The lowest BCUT2D eigenvalue weighted by molar-refractivity contribution is 0.0217. The molecule has 0 spiro atoms. The van der Waals surface area contributed by atoms with Crippen LogP contribution in [-0.4, -0.2) is 40.4 Å². The lowest BCUT2D eigenvalue weighted by atomic mass is 10.1. The van der Waals surface area contributed by atoms with Gasteiger partial charge in [-0.25, -0.2) is 4.79 Å². The van der Waals surface area contributed by atoms with Crippen LogP contribution < -0.4 is 4.74 Å². The molecular weight excluding hydrogens is 334 g/mol. The van der Waals surface area contributed by atoms with Gasteiger partial charge in [0, 0.05) is 17.7 Å². The van der Waals surface area contributed by atoms with E-state index in [1.54, 1.807) is 12.0 Å². The van der Waals surface area contributed by atoms with Crippen LogP contribution in [0, 0.1) is 6.92 Å². The van der Waals surface area contributed by atoms with Crippen LogP contribution in [-0.2, 0) is 4.74 Å². The van der Waals surface area contributed by atoms with E-state index in [9.17, 15) is 4.79 Å². The Labute approximate surface area is 153 Å². The van der Waals surface area contributed by atoms with Gasteiger partial charge in [-0.2, -0.15) is 4.98 Å². The second kappa shape index (κ2) is 6.97. The number of rotatable bonds is 3. The van der Waals surface area contributed by atoms with Crippen molar-refractivity contribution in [3.63, 3.8) is 0 Å². The maximum absolute atomic E-state index is 12.5. The molecule has 1 amide bonds. The second-order valence-electron chi connectivity index (χ2n) is 7.42. The van der Waals surface area contributed by atoms with Crippen molar-refractivity contribution in [2.45, 2.75) is 52.2 Å². The van der Waals surface area contributed by atoms with Gasteiger partial charge in [-0.3, -0.25) is 4.90 Å². The molecule has 2 heterocycles. The summed E-state index contributed by atoms with van der Waals surface area (Å²) in [6.45, 7) is 8.14. The maximum Gasteiger partial charge on any atom is 0.410 e. The van der Waals surface area contributed by atoms with Gasteiger partial charge in [0.2, 0.25) is 0 Å². The smallest absolute Gasteiger partial charge is 0.410 e. The van der Waals surface area contributed by atoms with E-state index in [1.165, 1.54) is 0 Å². The van der Waals surface area contributed by atoms with Crippen LogP contribution in [0.4, 0.5) is 4.79 Å². The molecule has 0 saturated carbocycles. The molecule has 7 nitrogen and oxygen atoms in total. The number of hydrogen-bond acceptors (Lipinski definition) is 6. The second-order valence-corrected chi connectivity index (χ2v) is 7.42. The summed E-state index contributed by atoms with van der Waals surface area (Å²) < 4.78 is 16.3. The summed E-state index contributed by atoms with van der Waals surface area (Å²) >= 11 is 0. The Bertz CT molecular complexity index is 794. The minimum atomic E-state index is -0.537. The van der Waals surface area contributed by atoms with Crippen molar-refractivity contribution in [3.8, 4) is 17.2 Å². The van der Waals surface area contributed by atoms with Crippen molar-refractivity contribution >= 4 is 6.09 Å². The summed E-state index contributed by atoms with van der Waals surface area (Å²) in [4.78, 5) is 18.7.